The van der Waals surface area contributed by atoms with Crippen molar-refractivity contribution in [2.75, 3.05) is 0 Å². The van der Waals surface area contributed by atoms with Crippen LogP contribution in [0, 0.1) is 13.8 Å². The molecular formula is C13H12N4OS. The van der Waals surface area contributed by atoms with E-state index in [4.69, 9.17) is 22.5 Å². The maximum atomic E-state index is 5.67. The Hall–Kier alpha value is -2.21. The number of aromatic nitrogens is 3. The van der Waals surface area contributed by atoms with Gasteiger partial charge in [0.1, 0.15) is 10.7 Å². The van der Waals surface area contributed by atoms with E-state index in [1.165, 1.54) is 0 Å². The topological polar surface area (TPSA) is 69.3 Å². The fourth-order valence-electron chi connectivity index (χ4n) is 2.19. The number of thiocarbonyl (C=S) groups is 1. The van der Waals surface area contributed by atoms with Crippen molar-refractivity contribution in [1.82, 2.24) is 14.8 Å². The van der Waals surface area contributed by atoms with Gasteiger partial charge in [-0.1, -0.05) is 17.4 Å². The number of hydrogen-bond acceptors (Lipinski definition) is 4. The molecule has 3 aromatic heterocycles. The van der Waals surface area contributed by atoms with Crippen molar-refractivity contribution in [3.63, 3.8) is 0 Å². The monoisotopic (exact) mass is 272 g/mol. The fraction of sp³-hybridized carbons (Fsp3) is 0.154. The molecule has 0 aliphatic rings. The van der Waals surface area contributed by atoms with E-state index in [2.05, 4.69) is 10.3 Å². The molecule has 6 heteroatoms. The SMILES string of the molecule is Cc1noc(C)c1-c1cnn2ccc(C(N)=S)cc12. The third-order valence-corrected chi connectivity index (χ3v) is 3.34. The summed E-state index contributed by atoms with van der Waals surface area (Å²) < 4.78 is 6.99. The molecule has 0 saturated heterocycles. The van der Waals surface area contributed by atoms with Crippen LogP contribution >= 0.6 is 12.2 Å². The van der Waals surface area contributed by atoms with E-state index >= 15 is 0 Å². The van der Waals surface area contributed by atoms with Crippen molar-refractivity contribution < 1.29 is 4.52 Å². The lowest BCUT2D eigenvalue weighted by Gasteiger charge is -2.01. The third-order valence-electron chi connectivity index (χ3n) is 3.11. The number of aryl methyl sites for hydroxylation is 2. The van der Waals surface area contributed by atoms with E-state index in [-0.39, 0.29) is 0 Å². The van der Waals surface area contributed by atoms with Crippen LogP contribution in [-0.4, -0.2) is 19.8 Å². The Kier molecular flexibility index (Phi) is 2.60. The first-order chi connectivity index (χ1) is 9.08. The van der Waals surface area contributed by atoms with Gasteiger partial charge >= 0.3 is 0 Å². The van der Waals surface area contributed by atoms with Crippen molar-refractivity contribution in [2.45, 2.75) is 13.8 Å². The quantitative estimate of drug-likeness (QED) is 0.724. The maximum Gasteiger partial charge on any atom is 0.141 e. The minimum absolute atomic E-state index is 0.369. The molecular weight excluding hydrogens is 260 g/mol. The number of fused-ring (bicyclic) bond motifs is 1. The number of rotatable bonds is 2. The van der Waals surface area contributed by atoms with E-state index in [0.29, 0.717) is 4.99 Å². The molecule has 96 valence electrons. The number of nitrogens with zero attached hydrogens (tertiary/aromatic N) is 3. The van der Waals surface area contributed by atoms with E-state index in [0.717, 1.165) is 33.7 Å². The normalized spacial score (nSPS) is 11.1. The third kappa shape index (κ3) is 1.80. The van der Waals surface area contributed by atoms with Crippen LogP contribution in [0.25, 0.3) is 16.6 Å². The number of hydrogen-bond donors (Lipinski definition) is 1. The number of pyridine rings is 1. The summed E-state index contributed by atoms with van der Waals surface area (Å²) in [7, 11) is 0. The Balaban J connectivity index is 2.30. The predicted octanol–water partition coefficient (Wildman–Crippen LogP) is 2.24. The molecule has 0 saturated carbocycles. The highest BCUT2D eigenvalue weighted by Gasteiger charge is 2.16. The minimum atomic E-state index is 0.369. The highest BCUT2D eigenvalue weighted by Crippen LogP contribution is 2.30. The zero-order valence-electron chi connectivity index (χ0n) is 10.5. The van der Waals surface area contributed by atoms with Crippen LogP contribution in [0.5, 0.6) is 0 Å². The molecule has 0 fully saturated rings. The average molecular weight is 272 g/mol. The molecule has 5 nitrogen and oxygen atoms in total. The van der Waals surface area contributed by atoms with Crippen LogP contribution in [0.15, 0.2) is 29.0 Å². The summed E-state index contributed by atoms with van der Waals surface area (Å²) in [5.41, 5.74) is 10.2. The van der Waals surface area contributed by atoms with Crippen molar-refractivity contribution in [2.24, 2.45) is 5.73 Å². The first kappa shape index (κ1) is 11.9. The van der Waals surface area contributed by atoms with Crippen LogP contribution in [-0.2, 0) is 0 Å². The largest absolute Gasteiger partial charge is 0.389 e. The van der Waals surface area contributed by atoms with Gasteiger partial charge in [-0.25, -0.2) is 4.52 Å². The molecule has 3 rings (SSSR count). The highest BCUT2D eigenvalue weighted by molar-refractivity contribution is 7.80. The van der Waals surface area contributed by atoms with Crippen molar-refractivity contribution >= 4 is 22.7 Å². The maximum absolute atomic E-state index is 5.67. The molecule has 0 radical (unpaired) electrons. The predicted molar refractivity (Wildman–Crippen MR) is 76.1 cm³/mol. The van der Waals surface area contributed by atoms with Crippen molar-refractivity contribution in [3.8, 4) is 11.1 Å². The molecule has 0 atom stereocenters. The van der Waals surface area contributed by atoms with E-state index in [1.807, 2.05) is 32.2 Å². The summed E-state index contributed by atoms with van der Waals surface area (Å²) in [6.45, 7) is 3.79. The Bertz CT molecular complexity index is 768. The lowest BCUT2D eigenvalue weighted by atomic mass is 10.1. The van der Waals surface area contributed by atoms with Crippen LogP contribution < -0.4 is 5.73 Å². The van der Waals surface area contributed by atoms with Gasteiger partial charge in [0, 0.05) is 17.3 Å². The average Bonchev–Trinajstić information content (AvgIpc) is 2.92. The Morgan fingerprint density at radius 1 is 1.42 bits per heavy atom. The second-order valence-corrected chi connectivity index (χ2v) is 4.81. The molecule has 0 bridgehead atoms. The van der Waals surface area contributed by atoms with Gasteiger partial charge in [-0.15, -0.1) is 0 Å². The van der Waals surface area contributed by atoms with Crippen molar-refractivity contribution in [1.29, 1.82) is 0 Å². The second-order valence-electron chi connectivity index (χ2n) is 4.37. The first-order valence-electron chi connectivity index (χ1n) is 5.78. The molecule has 0 unspecified atom stereocenters. The zero-order chi connectivity index (χ0) is 13.6. The smallest absolute Gasteiger partial charge is 0.141 e. The Morgan fingerprint density at radius 3 is 2.84 bits per heavy atom. The van der Waals surface area contributed by atoms with Gasteiger partial charge in [-0.3, -0.25) is 0 Å². The second kappa shape index (κ2) is 4.17. The van der Waals surface area contributed by atoms with E-state index < -0.39 is 0 Å². The highest BCUT2D eigenvalue weighted by atomic mass is 32.1. The summed E-state index contributed by atoms with van der Waals surface area (Å²) in [6.07, 6.45) is 3.64. The van der Waals surface area contributed by atoms with Crippen LogP contribution in [0.4, 0.5) is 0 Å². The summed E-state index contributed by atoms with van der Waals surface area (Å²) in [4.78, 5) is 0.369. The van der Waals surface area contributed by atoms with Crippen LogP contribution in [0.2, 0.25) is 0 Å². The zero-order valence-corrected chi connectivity index (χ0v) is 11.4. The lowest BCUT2D eigenvalue weighted by molar-refractivity contribution is 0.393. The van der Waals surface area contributed by atoms with Gasteiger partial charge in [0.25, 0.3) is 0 Å². The van der Waals surface area contributed by atoms with Gasteiger partial charge in [-0.2, -0.15) is 5.10 Å². The molecule has 2 N–H and O–H groups in total. The van der Waals surface area contributed by atoms with E-state index in [9.17, 15) is 0 Å². The minimum Gasteiger partial charge on any atom is -0.389 e. The van der Waals surface area contributed by atoms with Gasteiger partial charge in [0.05, 0.1) is 23.0 Å². The van der Waals surface area contributed by atoms with Crippen LogP contribution in [0.1, 0.15) is 17.0 Å². The molecule has 19 heavy (non-hydrogen) atoms. The van der Waals surface area contributed by atoms with E-state index in [1.54, 1.807) is 10.7 Å². The summed E-state index contributed by atoms with van der Waals surface area (Å²) in [5, 5.41) is 8.29. The standard InChI is InChI=1S/C13H12N4OS/c1-7-12(8(2)18-16-7)10-6-15-17-4-3-9(13(14)19)5-11(10)17/h3-6H,1-2H3,(H2,14,19). The molecule has 0 amide bonds. The molecule has 0 spiro atoms. The summed E-state index contributed by atoms with van der Waals surface area (Å²) in [5.74, 6) is 0.771. The molecule has 3 heterocycles. The van der Waals surface area contributed by atoms with Crippen LogP contribution in [0.3, 0.4) is 0 Å². The van der Waals surface area contributed by atoms with Gasteiger partial charge in [-0.05, 0) is 26.0 Å². The molecule has 0 aliphatic heterocycles. The summed E-state index contributed by atoms with van der Waals surface area (Å²) >= 11 is 5.01. The summed E-state index contributed by atoms with van der Waals surface area (Å²) in [6, 6.07) is 3.77. The number of nitrogens with two attached hydrogens (primary N) is 1. The Morgan fingerprint density at radius 2 is 2.21 bits per heavy atom. The first-order valence-corrected chi connectivity index (χ1v) is 6.19. The fourth-order valence-corrected chi connectivity index (χ4v) is 2.32. The molecule has 0 aliphatic carbocycles. The lowest BCUT2D eigenvalue weighted by Crippen LogP contribution is -2.09. The molecule has 0 aromatic carbocycles. The van der Waals surface area contributed by atoms with Gasteiger partial charge in [0.15, 0.2) is 0 Å². The van der Waals surface area contributed by atoms with Gasteiger partial charge in [0.2, 0.25) is 0 Å². The molecule has 3 aromatic rings. The van der Waals surface area contributed by atoms with Gasteiger partial charge < -0.3 is 10.3 Å². The Labute approximate surface area is 115 Å². The van der Waals surface area contributed by atoms with Crippen molar-refractivity contribution in [3.05, 3.63) is 41.5 Å².